The number of ketones is 1. The third kappa shape index (κ3) is 2.66. The molecule has 2 atom stereocenters. The Morgan fingerprint density at radius 2 is 2.04 bits per heavy atom. The second-order valence-corrected chi connectivity index (χ2v) is 6.54. The Morgan fingerprint density at radius 3 is 2.65 bits per heavy atom. The number of ether oxygens (including phenoxy) is 1. The minimum absolute atomic E-state index is 0.0462. The van der Waals surface area contributed by atoms with Gasteiger partial charge in [-0.1, -0.05) is 12.1 Å². The number of carbonyl (C=O) groups excluding carboxylic acids is 1. The molecule has 1 aliphatic carbocycles. The van der Waals surface area contributed by atoms with Crippen LogP contribution in [0.3, 0.4) is 0 Å². The van der Waals surface area contributed by atoms with Crippen molar-refractivity contribution in [2.75, 3.05) is 7.11 Å². The lowest BCUT2D eigenvalue weighted by Crippen LogP contribution is -2.41. The molecule has 0 radical (unpaired) electrons. The number of carbonyl (C=O) groups is 2. The van der Waals surface area contributed by atoms with Crippen molar-refractivity contribution in [3.8, 4) is 11.5 Å². The summed E-state index contributed by atoms with van der Waals surface area (Å²) in [4.78, 5) is 23.7. The highest BCUT2D eigenvalue weighted by molar-refractivity contribution is 6.09. The average Bonchev–Trinajstić information content (AvgIpc) is 2.51. The van der Waals surface area contributed by atoms with Gasteiger partial charge in [-0.05, 0) is 30.0 Å². The van der Waals surface area contributed by atoms with E-state index in [1.807, 2.05) is 0 Å². The molecule has 0 aliphatic heterocycles. The van der Waals surface area contributed by atoms with E-state index < -0.39 is 29.0 Å². The fourth-order valence-corrected chi connectivity index (χ4v) is 3.65. The number of aliphatic carboxylic acids is 1. The van der Waals surface area contributed by atoms with Gasteiger partial charge in [-0.15, -0.1) is 0 Å². The quantitative estimate of drug-likeness (QED) is 0.490. The van der Waals surface area contributed by atoms with Crippen LogP contribution in [-0.2, 0) is 9.53 Å². The third-order valence-corrected chi connectivity index (χ3v) is 4.66. The number of benzene rings is 2. The van der Waals surface area contributed by atoms with Crippen LogP contribution in [0.25, 0.3) is 10.8 Å². The summed E-state index contributed by atoms with van der Waals surface area (Å²) in [7, 11) is 1.27. The van der Waals surface area contributed by atoms with Crippen LogP contribution in [0.1, 0.15) is 35.2 Å². The standard InChI is InChI=1S/C19H18O7/c1-19(25)8-12(21)16-10(17(19)13(26-2)7-14(22)23)6-9-4-3-5-11(20)15(9)18(16)24/h3-7,17,20,24-25H,8H2,1-2H3,(H,22,23)/b13-7-. The second-order valence-electron chi connectivity index (χ2n) is 6.54. The number of hydrogen-bond donors (Lipinski definition) is 4. The van der Waals surface area contributed by atoms with Crippen molar-refractivity contribution in [3.63, 3.8) is 0 Å². The molecule has 3 rings (SSSR count). The summed E-state index contributed by atoms with van der Waals surface area (Å²) in [5.41, 5.74) is -1.42. The summed E-state index contributed by atoms with van der Waals surface area (Å²) in [5.74, 6) is -3.37. The van der Waals surface area contributed by atoms with Gasteiger partial charge in [0.05, 0.1) is 35.7 Å². The van der Waals surface area contributed by atoms with E-state index in [4.69, 9.17) is 9.84 Å². The Kier molecular flexibility index (Phi) is 4.12. The molecule has 0 heterocycles. The molecule has 0 bridgehead atoms. The topological polar surface area (TPSA) is 124 Å². The summed E-state index contributed by atoms with van der Waals surface area (Å²) in [6.07, 6.45) is 0.486. The van der Waals surface area contributed by atoms with E-state index in [-0.39, 0.29) is 34.4 Å². The predicted molar refractivity (Wildman–Crippen MR) is 92.3 cm³/mol. The summed E-state index contributed by atoms with van der Waals surface area (Å²) in [5, 5.41) is 41.2. The van der Waals surface area contributed by atoms with Crippen LogP contribution < -0.4 is 0 Å². The van der Waals surface area contributed by atoms with Gasteiger partial charge in [0.15, 0.2) is 5.78 Å². The van der Waals surface area contributed by atoms with Crippen LogP contribution in [0, 0.1) is 0 Å². The van der Waals surface area contributed by atoms with E-state index in [0.717, 1.165) is 6.08 Å². The maximum Gasteiger partial charge on any atom is 0.331 e. The molecule has 2 unspecified atom stereocenters. The highest BCUT2D eigenvalue weighted by Crippen LogP contribution is 2.49. The van der Waals surface area contributed by atoms with Gasteiger partial charge in [0.1, 0.15) is 17.3 Å². The zero-order valence-corrected chi connectivity index (χ0v) is 14.2. The molecule has 1 aliphatic rings. The average molecular weight is 358 g/mol. The van der Waals surface area contributed by atoms with Crippen LogP contribution in [-0.4, -0.2) is 44.9 Å². The number of fused-ring (bicyclic) bond motifs is 2. The monoisotopic (exact) mass is 358 g/mol. The lowest BCUT2D eigenvalue weighted by molar-refractivity contribution is -0.131. The van der Waals surface area contributed by atoms with E-state index >= 15 is 0 Å². The lowest BCUT2D eigenvalue weighted by Gasteiger charge is -2.38. The summed E-state index contributed by atoms with van der Waals surface area (Å²) < 4.78 is 5.18. The maximum atomic E-state index is 12.6. The van der Waals surface area contributed by atoms with Crippen molar-refractivity contribution in [2.24, 2.45) is 0 Å². The first-order valence-corrected chi connectivity index (χ1v) is 7.89. The molecule has 0 amide bonds. The normalized spacial score (nSPS) is 23.0. The number of rotatable bonds is 3. The summed E-state index contributed by atoms with van der Waals surface area (Å²) in [6, 6.07) is 6.15. The first-order chi connectivity index (χ1) is 12.2. The zero-order valence-electron chi connectivity index (χ0n) is 14.2. The number of carboxylic acid groups (broad SMARTS) is 1. The van der Waals surface area contributed by atoms with Gasteiger partial charge >= 0.3 is 5.97 Å². The van der Waals surface area contributed by atoms with Crippen molar-refractivity contribution in [2.45, 2.75) is 24.9 Å². The van der Waals surface area contributed by atoms with Gasteiger partial charge < -0.3 is 25.2 Å². The number of aliphatic hydroxyl groups is 1. The first-order valence-electron chi connectivity index (χ1n) is 7.89. The van der Waals surface area contributed by atoms with Crippen LogP contribution >= 0.6 is 0 Å². The SMILES string of the molecule is CO/C(=C\C(=O)O)C1c2cc3cccc(O)c3c(O)c2C(=O)CC1(C)O. The third-order valence-electron chi connectivity index (χ3n) is 4.66. The van der Waals surface area contributed by atoms with Crippen LogP contribution in [0.4, 0.5) is 0 Å². The van der Waals surface area contributed by atoms with Gasteiger partial charge in [0.25, 0.3) is 0 Å². The van der Waals surface area contributed by atoms with Gasteiger partial charge in [0.2, 0.25) is 0 Å². The van der Waals surface area contributed by atoms with Crippen molar-refractivity contribution >= 4 is 22.5 Å². The van der Waals surface area contributed by atoms with E-state index in [1.54, 1.807) is 18.2 Å². The number of carboxylic acids is 1. The maximum absolute atomic E-state index is 12.6. The van der Waals surface area contributed by atoms with E-state index in [1.165, 1.54) is 20.1 Å². The summed E-state index contributed by atoms with van der Waals surface area (Å²) in [6.45, 7) is 1.41. The largest absolute Gasteiger partial charge is 0.507 e. The molecule has 0 spiro atoms. The van der Waals surface area contributed by atoms with Gasteiger partial charge in [0, 0.05) is 6.42 Å². The van der Waals surface area contributed by atoms with Crippen LogP contribution in [0.5, 0.6) is 11.5 Å². The molecule has 0 aromatic heterocycles. The van der Waals surface area contributed by atoms with Crippen molar-refractivity contribution < 1.29 is 34.8 Å². The highest BCUT2D eigenvalue weighted by Gasteiger charge is 2.46. The molecule has 2 aromatic carbocycles. The number of methoxy groups -OCH3 is 1. The highest BCUT2D eigenvalue weighted by atomic mass is 16.5. The van der Waals surface area contributed by atoms with E-state index in [0.29, 0.717) is 5.39 Å². The minimum Gasteiger partial charge on any atom is -0.507 e. The summed E-state index contributed by atoms with van der Waals surface area (Å²) >= 11 is 0. The Balaban J connectivity index is 2.39. The van der Waals surface area contributed by atoms with Gasteiger partial charge in [-0.3, -0.25) is 4.79 Å². The molecular formula is C19H18O7. The number of phenolic OH excluding ortho intramolecular Hbond substituents is 2. The molecule has 0 saturated heterocycles. The Bertz CT molecular complexity index is 956. The number of aromatic hydroxyl groups is 2. The van der Waals surface area contributed by atoms with E-state index in [9.17, 15) is 24.9 Å². The van der Waals surface area contributed by atoms with Crippen molar-refractivity contribution in [3.05, 3.63) is 47.2 Å². The number of Topliss-reactive ketones (excluding diaryl/α,β-unsaturated/α-hetero) is 1. The Hall–Kier alpha value is -3.06. The molecule has 2 aromatic rings. The first kappa shape index (κ1) is 17.8. The number of phenols is 2. The van der Waals surface area contributed by atoms with Gasteiger partial charge in [-0.2, -0.15) is 0 Å². The molecule has 26 heavy (non-hydrogen) atoms. The fraction of sp³-hybridized carbons (Fsp3) is 0.263. The van der Waals surface area contributed by atoms with Gasteiger partial charge in [-0.25, -0.2) is 4.79 Å². The molecule has 4 N–H and O–H groups in total. The second kappa shape index (κ2) is 6.03. The molecule has 7 nitrogen and oxygen atoms in total. The Morgan fingerprint density at radius 1 is 1.35 bits per heavy atom. The minimum atomic E-state index is -1.61. The van der Waals surface area contributed by atoms with Crippen molar-refractivity contribution in [1.82, 2.24) is 0 Å². The molecule has 136 valence electrons. The Labute approximate surface area is 148 Å². The molecule has 7 heteroatoms. The number of hydrogen-bond acceptors (Lipinski definition) is 6. The molecule has 0 saturated carbocycles. The van der Waals surface area contributed by atoms with Crippen LogP contribution in [0.2, 0.25) is 0 Å². The zero-order chi connectivity index (χ0) is 19.2. The fourth-order valence-electron chi connectivity index (χ4n) is 3.65. The van der Waals surface area contributed by atoms with Crippen LogP contribution in [0.15, 0.2) is 36.1 Å². The molecular weight excluding hydrogens is 340 g/mol. The lowest BCUT2D eigenvalue weighted by atomic mass is 9.70. The van der Waals surface area contributed by atoms with E-state index in [2.05, 4.69) is 0 Å². The smallest absolute Gasteiger partial charge is 0.331 e. The molecule has 0 fully saturated rings. The van der Waals surface area contributed by atoms with Crippen molar-refractivity contribution in [1.29, 1.82) is 0 Å². The predicted octanol–water partition coefficient (Wildman–Crippen LogP) is 2.29.